The quantitative estimate of drug-likeness (QED) is 0.880. The number of nitrogens with one attached hydrogen (secondary N) is 1. The van der Waals surface area contributed by atoms with Crippen LogP contribution in [0, 0.1) is 18.3 Å². The predicted molar refractivity (Wildman–Crippen MR) is 84.6 cm³/mol. The van der Waals surface area contributed by atoms with Crippen LogP contribution in [0.5, 0.6) is 0 Å². The molecule has 1 aromatic heterocycles. The van der Waals surface area contributed by atoms with Crippen LogP contribution in [0.4, 0.5) is 17.3 Å². The number of hydrogen-bond acceptors (Lipinski definition) is 5. The van der Waals surface area contributed by atoms with E-state index in [1.165, 1.54) is 0 Å². The Morgan fingerprint density at radius 2 is 2.00 bits per heavy atom. The maximum Gasteiger partial charge on any atom is 0.141 e. The average Bonchev–Trinajstić information content (AvgIpc) is 2.52. The van der Waals surface area contributed by atoms with E-state index in [2.05, 4.69) is 26.3 Å². The maximum atomic E-state index is 8.90. The fourth-order valence-corrected chi connectivity index (χ4v) is 2.19. The highest BCUT2D eigenvalue weighted by Crippen LogP contribution is 2.28. The zero-order valence-corrected chi connectivity index (χ0v) is 12.4. The number of aromatic nitrogens is 2. The van der Waals surface area contributed by atoms with Gasteiger partial charge in [0.05, 0.1) is 12.5 Å². The molecule has 2 aromatic rings. The molecule has 0 spiro atoms. The SMILES string of the molecule is CCNc1ncnc(N(CCC#N)c2ccccc2)c1C. The van der Waals surface area contributed by atoms with Gasteiger partial charge in [0.2, 0.25) is 0 Å². The Balaban J connectivity index is 2.42. The van der Waals surface area contributed by atoms with Gasteiger partial charge in [0.1, 0.15) is 18.0 Å². The van der Waals surface area contributed by atoms with Gasteiger partial charge in [-0.05, 0) is 26.0 Å². The van der Waals surface area contributed by atoms with Gasteiger partial charge in [0, 0.05) is 24.3 Å². The first kappa shape index (κ1) is 14.8. The Labute approximate surface area is 125 Å². The summed E-state index contributed by atoms with van der Waals surface area (Å²) in [6.45, 7) is 5.44. The van der Waals surface area contributed by atoms with Crippen LogP contribution in [0.2, 0.25) is 0 Å². The maximum absolute atomic E-state index is 8.90. The number of rotatable bonds is 6. The molecule has 5 heteroatoms. The van der Waals surface area contributed by atoms with Crippen molar-refractivity contribution in [2.45, 2.75) is 20.3 Å². The summed E-state index contributed by atoms with van der Waals surface area (Å²) in [6, 6.07) is 12.2. The molecule has 1 heterocycles. The van der Waals surface area contributed by atoms with E-state index in [0.717, 1.165) is 29.4 Å². The zero-order valence-electron chi connectivity index (χ0n) is 12.4. The Kier molecular flexibility index (Phi) is 5.10. The molecular weight excluding hydrogens is 262 g/mol. The van der Waals surface area contributed by atoms with Crippen LogP contribution in [-0.2, 0) is 0 Å². The normalized spacial score (nSPS) is 9.95. The Morgan fingerprint density at radius 1 is 1.24 bits per heavy atom. The summed E-state index contributed by atoms with van der Waals surface area (Å²) in [5.74, 6) is 1.67. The number of hydrogen-bond donors (Lipinski definition) is 1. The summed E-state index contributed by atoms with van der Waals surface area (Å²) < 4.78 is 0. The second-order valence-electron chi connectivity index (χ2n) is 4.60. The minimum atomic E-state index is 0.439. The molecule has 0 amide bonds. The first-order chi connectivity index (χ1) is 10.3. The molecule has 0 fully saturated rings. The van der Waals surface area contributed by atoms with E-state index >= 15 is 0 Å². The summed E-state index contributed by atoms with van der Waals surface area (Å²) in [4.78, 5) is 10.7. The van der Waals surface area contributed by atoms with Crippen molar-refractivity contribution < 1.29 is 0 Å². The van der Waals surface area contributed by atoms with Gasteiger partial charge in [0.25, 0.3) is 0 Å². The summed E-state index contributed by atoms with van der Waals surface area (Å²) in [7, 11) is 0. The van der Waals surface area contributed by atoms with Gasteiger partial charge in [-0.1, -0.05) is 18.2 Å². The number of para-hydroxylation sites is 1. The lowest BCUT2D eigenvalue weighted by Crippen LogP contribution is -2.21. The average molecular weight is 281 g/mol. The fraction of sp³-hybridized carbons (Fsp3) is 0.312. The van der Waals surface area contributed by atoms with Crippen LogP contribution < -0.4 is 10.2 Å². The molecule has 0 bridgehead atoms. The van der Waals surface area contributed by atoms with Gasteiger partial charge in [0.15, 0.2) is 0 Å². The summed E-state index contributed by atoms with van der Waals surface area (Å²) in [5.41, 5.74) is 2.01. The van der Waals surface area contributed by atoms with E-state index in [9.17, 15) is 0 Å². The molecule has 1 aromatic carbocycles. The van der Waals surface area contributed by atoms with Gasteiger partial charge >= 0.3 is 0 Å². The predicted octanol–water partition coefficient (Wildman–Crippen LogP) is 3.27. The van der Waals surface area contributed by atoms with Crippen LogP contribution in [0.25, 0.3) is 0 Å². The zero-order chi connectivity index (χ0) is 15.1. The molecule has 0 saturated carbocycles. The number of nitrogens with zero attached hydrogens (tertiary/aromatic N) is 4. The van der Waals surface area contributed by atoms with Gasteiger partial charge in [-0.15, -0.1) is 0 Å². The standard InChI is InChI=1S/C16H19N5/c1-3-18-15-13(2)16(20-12-19-15)21(11-7-10-17)14-8-5-4-6-9-14/h4-6,8-9,12H,3,7,11H2,1-2H3,(H,18,19,20). The first-order valence-electron chi connectivity index (χ1n) is 7.03. The third-order valence-corrected chi connectivity index (χ3v) is 3.17. The van der Waals surface area contributed by atoms with Crippen molar-refractivity contribution >= 4 is 17.3 Å². The van der Waals surface area contributed by atoms with Crippen LogP contribution in [0.3, 0.4) is 0 Å². The molecule has 2 rings (SSSR count). The molecule has 0 atom stereocenters. The van der Waals surface area contributed by atoms with E-state index in [1.54, 1.807) is 6.33 Å². The van der Waals surface area contributed by atoms with E-state index in [0.29, 0.717) is 13.0 Å². The van der Waals surface area contributed by atoms with Crippen molar-refractivity contribution in [3.63, 3.8) is 0 Å². The topological polar surface area (TPSA) is 64.8 Å². The van der Waals surface area contributed by atoms with Crippen LogP contribution in [0.1, 0.15) is 18.9 Å². The minimum Gasteiger partial charge on any atom is -0.370 e. The highest BCUT2D eigenvalue weighted by atomic mass is 15.2. The molecule has 5 nitrogen and oxygen atoms in total. The van der Waals surface area contributed by atoms with Crippen LogP contribution in [0.15, 0.2) is 36.7 Å². The lowest BCUT2D eigenvalue weighted by molar-refractivity contribution is 0.910. The summed E-state index contributed by atoms with van der Waals surface area (Å²) in [5, 5.41) is 12.1. The number of benzene rings is 1. The van der Waals surface area contributed by atoms with Crippen molar-refractivity contribution in [1.29, 1.82) is 5.26 Å². The lowest BCUT2D eigenvalue weighted by Gasteiger charge is -2.25. The molecule has 0 unspecified atom stereocenters. The Morgan fingerprint density at radius 3 is 2.67 bits per heavy atom. The van der Waals surface area contributed by atoms with E-state index in [1.807, 2.05) is 44.2 Å². The summed E-state index contributed by atoms with van der Waals surface area (Å²) in [6.07, 6.45) is 2.00. The Hall–Kier alpha value is -2.61. The Bertz CT molecular complexity index is 618. The van der Waals surface area contributed by atoms with E-state index < -0.39 is 0 Å². The van der Waals surface area contributed by atoms with Crippen molar-refractivity contribution in [1.82, 2.24) is 9.97 Å². The molecule has 0 radical (unpaired) electrons. The molecule has 0 aliphatic heterocycles. The molecular formula is C16H19N5. The molecule has 0 saturated heterocycles. The second kappa shape index (κ2) is 7.25. The van der Waals surface area contributed by atoms with Crippen LogP contribution >= 0.6 is 0 Å². The molecule has 1 N–H and O–H groups in total. The summed E-state index contributed by atoms with van der Waals surface area (Å²) >= 11 is 0. The van der Waals surface area contributed by atoms with E-state index in [-0.39, 0.29) is 0 Å². The van der Waals surface area contributed by atoms with Crippen molar-refractivity contribution in [3.05, 3.63) is 42.2 Å². The largest absolute Gasteiger partial charge is 0.370 e. The number of anilines is 3. The highest BCUT2D eigenvalue weighted by molar-refractivity contribution is 5.67. The third kappa shape index (κ3) is 3.48. The lowest BCUT2D eigenvalue weighted by atomic mass is 10.2. The second-order valence-corrected chi connectivity index (χ2v) is 4.60. The molecule has 0 aliphatic carbocycles. The van der Waals surface area contributed by atoms with Crippen LogP contribution in [-0.4, -0.2) is 23.1 Å². The number of nitriles is 1. The molecule has 0 aliphatic rings. The molecule has 21 heavy (non-hydrogen) atoms. The van der Waals surface area contributed by atoms with Crippen molar-refractivity contribution in [3.8, 4) is 6.07 Å². The smallest absolute Gasteiger partial charge is 0.141 e. The van der Waals surface area contributed by atoms with Crippen molar-refractivity contribution in [2.24, 2.45) is 0 Å². The highest BCUT2D eigenvalue weighted by Gasteiger charge is 2.15. The van der Waals surface area contributed by atoms with E-state index in [4.69, 9.17) is 5.26 Å². The fourth-order valence-electron chi connectivity index (χ4n) is 2.19. The van der Waals surface area contributed by atoms with Gasteiger partial charge in [-0.3, -0.25) is 0 Å². The first-order valence-corrected chi connectivity index (χ1v) is 7.03. The van der Waals surface area contributed by atoms with Crippen molar-refractivity contribution in [2.75, 3.05) is 23.3 Å². The third-order valence-electron chi connectivity index (χ3n) is 3.17. The van der Waals surface area contributed by atoms with Gasteiger partial charge in [-0.25, -0.2) is 9.97 Å². The molecule has 108 valence electrons. The minimum absolute atomic E-state index is 0.439. The monoisotopic (exact) mass is 281 g/mol. The van der Waals surface area contributed by atoms with Gasteiger partial charge < -0.3 is 10.2 Å². The van der Waals surface area contributed by atoms with Gasteiger partial charge in [-0.2, -0.15) is 5.26 Å².